The van der Waals surface area contributed by atoms with Crippen molar-refractivity contribution in [2.24, 2.45) is 0 Å². The Balaban J connectivity index is 1.70. The first-order valence-electron chi connectivity index (χ1n) is 8.69. The van der Waals surface area contributed by atoms with Crippen LogP contribution in [-0.2, 0) is 0 Å². The number of aryl methyl sites for hydroxylation is 2. The summed E-state index contributed by atoms with van der Waals surface area (Å²) in [5.74, 6) is 1.23. The number of hydrogen-bond acceptors (Lipinski definition) is 6. The molecule has 0 saturated heterocycles. The van der Waals surface area contributed by atoms with E-state index in [0.29, 0.717) is 28.7 Å². The molecule has 3 aromatic rings. The van der Waals surface area contributed by atoms with Crippen LogP contribution < -0.4 is 20.1 Å². The molecule has 1 amide bonds. The van der Waals surface area contributed by atoms with Crippen LogP contribution >= 0.6 is 0 Å². The van der Waals surface area contributed by atoms with E-state index in [1.807, 2.05) is 26.0 Å². The van der Waals surface area contributed by atoms with Crippen LogP contribution in [0.1, 0.15) is 21.5 Å². The lowest BCUT2D eigenvalue weighted by Gasteiger charge is -2.11. The van der Waals surface area contributed by atoms with E-state index in [1.54, 1.807) is 32.4 Å². The summed E-state index contributed by atoms with van der Waals surface area (Å²) in [4.78, 5) is 20.9. The fourth-order valence-corrected chi connectivity index (χ4v) is 2.80. The van der Waals surface area contributed by atoms with Gasteiger partial charge < -0.3 is 20.1 Å². The SMILES string of the molecule is COc1ccc(NC(=O)c2cnc(Nc3cc(C)cc(C)c3)nc2)cc1OC. The van der Waals surface area contributed by atoms with Crippen molar-refractivity contribution in [2.75, 3.05) is 24.9 Å². The van der Waals surface area contributed by atoms with Crippen LogP contribution in [0.2, 0.25) is 0 Å². The van der Waals surface area contributed by atoms with Gasteiger partial charge in [-0.15, -0.1) is 0 Å². The molecule has 0 fully saturated rings. The Hall–Kier alpha value is -3.61. The number of benzene rings is 2. The van der Waals surface area contributed by atoms with Crippen molar-refractivity contribution >= 4 is 23.2 Å². The molecule has 0 radical (unpaired) electrons. The van der Waals surface area contributed by atoms with Gasteiger partial charge in [0.05, 0.1) is 19.8 Å². The third-order valence-electron chi connectivity index (χ3n) is 4.03. The number of hydrogen-bond donors (Lipinski definition) is 2. The van der Waals surface area contributed by atoms with Gasteiger partial charge in [-0.25, -0.2) is 9.97 Å². The summed E-state index contributed by atoms with van der Waals surface area (Å²) >= 11 is 0. The maximum Gasteiger partial charge on any atom is 0.258 e. The monoisotopic (exact) mass is 378 g/mol. The molecule has 0 atom stereocenters. The molecule has 0 unspecified atom stereocenters. The number of amides is 1. The summed E-state index contributed by atoms with van der Waals surface area (Å²) in [5, 5.41) is 5.94. The first-order chi connectivity index (χ1) is 13.5. The number of nitrogens with zero attached hydrogens (tertiary/aromatic N) is 2. The van der Waals surface area contributed by atoms with E-state index in [0.717, 1.165) is 16.8 Å². The molecule has 1 aromatic heterocycles. The highest BCUT2D eigenvalue weighted by atomic mass is 16.5. The molecule has 2 aromatic carbocycles. The van der Waals surface area contributed by atoms with Gasteiger partial charge in [0.2, 0.25) is 5.95 Å². The van der Waals surface area contributed by atoms with Crippen molar-refractivity contribution in [1.29, 1.82) is 0 Å². The maximum atomic E-state index is 12.4. The van der Waals surface area contributed by atoms with Crippen LogP contribution in [0.4, 0.5) is 17.3 Å². The van der Waals surface area contributed by atoms with Crippen LogP contribution in [0.3, 0.4) is 0 Å². The molecule has 0 aliphatic rings. The van der Waals surface area contributed by atoms with Crippen LogP contribution in [-0.4, -0.2) is 30.1 Å². The second-order valence-corrected chi connectivity index (χ2v) is 6.32. The molecule has 0 saturated carbocycles. The Bertz CT molecular complexity index is 967. The summed E-state index contributed by atoms with van der Waals surface area (Å²) < 4.78 is 10.4. The molecular formula is C21H22N4O3. The highest BCUT2D eigenvalue weighted by molar-refractivity contribution is 6.04. The van der Waals surface area contributed by atoms with Gasteiger partial charge in [0, 0.05) is 29.8 Å². The minimum atomic E-state index is -0.315. The van der Waals surface area contributed by atoms with Crippen molar-refractivity contribution in [1.82, 2.24) is 9.97 Å². The zero-order chi connectivity index (χ0) is 20.1. The summed E-state index contributed by atoms with van der Waals surface area (Å²) in [6, 6.07) is 11.3. The average molecular weight is 378 g/mol. The van der Waals surface area contributed by atoms with Gasteiger partial charge >= 0.3 is 0 Å². The van der Waals surface area contributed by atoms with Crippen molar-refractivity contribution in [2.45, 2.75) is 13.8 Å². The Morgan fingerprint density at radius 3 is 2.11 bits per heavy atom. The molecule has 7 nitrogen and oxygen atoms in total. The van der Waals surface area contributed by atoms with Gasteiger partial charge in [-0.05, 0) is 49.2 Å². The Labute approximate surface area is 163 Å². The third kappa shape index (κ3) is 4.56. The second-order valence-electron chi connectivity index (χ2n) is 6.32. The van der Waals surface area contributed by atoms with Gasteiger partial charge in [0.25, 0.3) is 5.91 Å². The van der Waals surface area contributed by atoms with Crippen molar-refractivity contribution in [3.05, 3.63) is 65.5 Å². The molecule has 144 valence electrons. The first-order valence-corrected chi connectivity index (χ1v) is 8.69. The summed E-state index contributed by atoms with van der Waals surface area (Å²) in [6.07, 6.45) is 2.96. The first kappa shape index (κ1) is 19.2. The van der Waals surface area contributed by atoms with E-state index in [-0.39, 0.29) is 5.91 Å². The van der Waals surface area contributed by atoms with Crippen molar-refractivity contribution < 1.29 is 14.3 Å². The minimum absolute atomic E-state index is 0.315. The van der Waals surface area contributed by atoms with E-state index < -0.39 is 0 Å². The van der Waals surface area contributed by atoms with Crippen molar-refractivity contribution in [3.8, 4) is 11.5 Å². The standard InChI is InChI=1S/C21H22N4O3/c1-13-7-14(2)9-17(8-13)25-21-22-11-15(12-23-21)20(26)24-16-5-6-18(27-3)19(10-16)28-4/h5-12H,1-4H3,(H,24,26)(H,22,23,25). The molecule has 3 rings (SSSR count). The predicted octanol–water partition coefficient (Wildman–Crippen LogP) is 4.11. The molecule has 0 aliphatic carbocycles. The average Bonchev–Trinajstić information content (AvgIpc) is 2.67. The number of carbonyl (C=O) groups is 1. The number of nitrogens with one attached hydrogen (secondary N) is 2. The van der Waals surface area contributed by atoms with E-state index in [1.165, 1.54) is 12.4 Å². The highest BCUT2D eigenvalue weighted by Crippen LogP contribution is 2.29. The molecule has 0 bridgehead atoms. The van der Waals surface area contributed by atoms with E-state index >= 15 is 0 Å². The molecule has 2 N–H and O–H groups in total. The summed E-state index contributed by atoms with van der Waals surface area (Å²) in [6.45, 7) is 4.06. The fraction of sp³-hybridized carbons (Fsp3) is 0.190. The van der Waals surface area contributed by atoms with Crippen LogP contribution in [0, 0.1) is 13.8 Å². The number of methoxy groups -OCH3 is 2. The van der Waals surface area contributed by atoms with Crippen LogP contribution in [0.15, 0.2) is 48.8 Å². The minimum Gasteiger partial charge on any atom is -0.493 e. The largest absolute Gasteiger partial charge is 0.493 e. The second kappa shape index (κ2) is 8.39. The lowest BCUT2D eigenvalue weighted by atomic mass is 10.1. The van der Waals surface area contributed by atoms with Gasteiger partial charge in [0.1, 0.15) is 0 Å². The zero-order valence-corrected chi connectivity index (χ0v) is 16.2. The Morgan fingerprint density at radius 2 is 1.50 bits per heavy atom. The molecule has 7 heteroatoms. The van der Waals surface area contributed by atoms with Crippen molar-refractivity contribution in [3.63, 3.8) is 0 Å². The van der Waals surface area contributed by atoms with Crippen LogP contribution in [0.5, 0.6) is 11.5 Å². The number of carbonyl (C=O) groups excluding carboxylic acids is 1. The Morgan fingerprint density at radius 1 is 0.857 bits per heavy atom. The topological polar surface area (TPSA) is 85.4 Å². The van der Waals surface area contributed by atoms with E-state index in [4.69, 9.17) is 9.47 Å². The molecule has 28 heavy (non-hydrogen) atoms. The summed E-state index contributed by atoms with van der Waals surface area (Å²) in [5.41, 5.74) is 4.13. The highest BCUT2D eigenvalue weighted by Gasteiger charge is 2.10. The smallest absolute Gasteiger partial charge is 0.258 e. The van der Waals surface area contributed by atoms with Gasteiger partial charge in [-0.1, -0.05) is 6.07 Å². The quantitative estimate of drug-likeness (QED) is 0.671. The molecule has 1 heterocycles. The van der Waals surface area contributed by atoms with Crippen LogP contribution in [0.25, 0.3) is 0 Å². The third-order valence-corrected chi connectivity index (χ3v) is 4.03. The molecule has 0 spiro atoms. The lowest BCUT2D eigenvalue weighted by molar-refractivity contribution is 0.102. The predicted molar refractivity (Wildman–Crippen MR) is 109 cm³/mol. The Kier molecular flexibility index (Phi) is 5.74. The van der Waals surface area contributed by atoms with E-state index in [2.05, 4.69) is 26.7 Å². The lowest BCUT2D eigenvalue weighted by Crippen LogP contribution is -2.13. The number of rotatable bonds is 6. The summed E-state index contributed by atoms with van der Waals surface area (Å²) in [7, 11) is 3.10. The number of anilines is 3. The van der Waals surface area contributed by atoms with Gasteiger partial charge in [-0.3, -0.25) is 4.79 Å². The maximum absolute atomic E-state index is 12.4. The fourth-order valence-electron chi connectivity index (χ4n) is 2.80. The van der Waals surface area contributed by atoms with Gasteiger partial charge in [-0.2, -0.15) is 0 Å². The normalized spacial score (nSPS) is 10.3. The molecular weight excluding hydrogens is 356 g/mol. The number of aromatic nitrogens is 2. The zero-order valence-electron chi connectivity index (χ0n) is 16.2. The van der Waals surface area contributed by atoms with E-state index in [9.17, 15) is 4.79 Å². The molecule has 0 aliphatic heterocycles. The number of ether oxygens (including phenoxy) is 2. The van der Waals surface area contributed by atoms with Gasteiger partial charge in [0.15, 0.2) is 11.5 Å².